The van der Waals surface area contributed by atoms with E-state index in [1.807, 2.05) is 18.9 Å². The Balaban J connectivity index is 2.70. The third kappa shape index (κ3) is 3.19. The third-order valence-corrected chi connectivity index (χ3v) is 3.49. The van der Waals surface area contributed by atoms with Crippen molar-refractivity contribution in [3.8, 4) is 0 Å². The van der Waals surface area contributed by atoms with Crippen LogP contribution in [0.4, 0.5) is 0 Å². The number of aliphatic hydroxyl groups is 1. The summed E-state index contributed by atoms with van der Waals surface area (Å²) in [5.41, 5.74) is -1.03. The summed E-state index contributed by atoms with van der Waals surface area (Å²) in [5.74, 6) is -1.47. The molecule has 1 saturated heterocycles. The third-order valence-electron chi connectivity index (χ3n) is 3.49. The fraction of sp³-hybridized carbons (Fsp3) is 0.917. The minimum Gasteiger partial charge on any atom is -0.481 e. The van der Waals surface area contributed by atoms with Crippen molar-refractivity contribution in [1.82, 2.24) is 4.90 Å². The first-order valence-corrected chi connectivity index (χ1v) is 6.13. The minimum absolute atomic E-state index is 0.480. The van der Waals surface area contributed by atoms with Crippen LogP contribution in [0.2, 0.25) is 0 Å². The summed E-state index contributed by atoms with van der Waals surface area (Å²) < 4.78 is 0. The number of hydrogen-bond donors (Lipinski definition) is 2. The number of β-amino-alcohol motifs (C(OH)–C–C–N with tert-alkyl or cyclic N) is 1. The zero-order valence-electron chi connectivity index (χ0n) is 10.3. The molecule has 4 heteroatoms. The van der Waals surface area contributed by atoms with Crippen molar-refractivity contribution in [2.75, 3.05) is 20.1 Å². The van der Waals surface area contributed by atoms with Crippen LogP contribution in [0, 0.1) is 5.92 Å². The van der Waals surface area contributed by atoms with Crippen LogP contribution in [-0.4, -0.2) is 46.8 Å². The number of carbonyl (C=O) groups is 1. The summed E-state index contributed by atoms with van der Waals surface area (Å²) in [6, 6.07) is 0. The summed E-state index contributed by atoms with van der Waals surface area (Å²) in [5, 5.41) is 19.7. The topological polar surface area (TPSA) is 60.8 Å². The number of piperidine rings is 1. The summed E-state index contributed by atoms with van der Waals surface area (Å²) >= 11 is 0. The van der Waals surface area contributed by atoms with E-state index < -0.39 is 17.5 Å². The van der Waals surface area contributed by atoms with Crippen molar-refractivity contribution >= 4 is 5.97 Å². The van der Waals surface area contributed by atoms with Gasteiger partial charge in [0.15, 0.2) is 0 Å². The highest BCUT2D eigenvalue weighted by molar-refractivity contribution is 5.71. The smallest absolute Gasteiger partial charge is 0.309 e. The molecule has 4 nitrogen and oxygen atoms in total. The summed E-state index contributed by atoms with van der Waals surface area (Å²) in [6.07, 6.45) is 3.90. The van der Waals surface area contributed by atoms with Crippen LogP contribution in [0.3, 0.4) is 0 Å². The average Bonchev–Trinajstić information content (AvgIpc) is 2.16. The van der Waals surface area contributed by atoms with E-state index in [9.17, 15) is 15.0 Å². The van der Waals surface area contributed by atoms with E-state index in [0.29, 0.717) is 19.4 Å². The van der Waals surface area contributed by atoms with Gasteiger partial charge in [0.25, 0.3) is 0 Å². The molecule has 1 heterocycles. The van der Waals surface area contributed by atoms with Gasteiger partial charge in [0.1, 0.15) is 0 Å². The monoisotopic (exact) mass is 229 g/mol. The molecule has 0 aromatic heterocycles. The van der Waals surface area contributed by atoms with Crippen LogP contribution in [0.5, 0.6) is 0 Å². The van der Waals surface area contributed by atoms with Gasteiger partial charge in [-0.3, -0.25) is 4.79 Å². The van der Waals surface area contributed by atoms with E-state index in [-0.39, 0.29) is 0 Å². The highest BCUT2D eigenvalue weighted by Gasteiger charge is 2.43. The largest absolute Gasteiger partial charge is 0.481 e. The molecule has 0 bridgehead atoms. The lowest BCUT2D eigenvalue weighted by atomic mass is 9.78. The molecule has 1 fully saturated rings. The molecular formula is C12H23NO3. The van der Waals surface area contributed by atoms with Gasteiger partial charge in [-0.1, -0.05) is 19.8 Å². The molecule has 2 unspecified atom stereocenters. The van der Waals surface area contributed by atoms with Gasteiger partial charge in [-0.05, 0) is 32.9 Å². The zero-order valence-corrected chi connectivity index (χ0v) is 10.3. The van der Waals surface area contributed by atoms with Gasteiger partial charge in [-0.2, -0.15) is 0 Å². The van der Waals surface area contributed by atoms with E-state index in [0.717, 1.165) is 25.8 Å². The number of likely N-dealkylation sites (tertiary alicyclic amines) is 1. The molecule has 1 aliphatic heterocycles. The molecule has 0 aromatic carbocycles. The van der Waals surface area contributed by atoms with Gasteiger partial charge in [0.05, 0.1) is 11.5 Å². The molecular weight excluding hydrogens is 206 g/mol. The number of likely N-dealkylation sites (N-methyl/N-ethyl adjacent to an activating group) is 1. The average molecular weight is 229 g/mol. The molecule has 94 valence electrons. The van der Waals surface area contributed by atoms with Crippen molar-refractivity contribution in [2.24, 2.45) is 5.92 Å². The number of carboxylic acids is 1. The van der Waals surface area contributed by atoms with Gasteiger partial charge in [0.2, 0.25) is 0 Å². The fourth-order valence-corrected chi connectivity index (χ4v) is 2.60. The predicted octanol–water partition coefficient (Wildman–Crippen LogP) is 1.33. The molecule has 0 aliphatic carbocycles. The first kappa shape index (κ1) is 13.5. The first-order chi connectivity index (χ1) is 7.49. The van der Waals surface area contributed by atoms with Gasteiger partial charge >= 0.3 is 5.97 Å². The standard InChI is InChI=1S/C12H23NO3/c1-3-4-6-10(11(14)15)12(16)7-5-8-13(2)9-12/h10,16H,3-9H2,1-2H3,(H,14,15). The summed E-state index contributed by atoms with van der Waals surface area (Å²) in [7, 11) is 1.93. The quantitative estimate of drug-likeness (QED) is 0.746. The predicted molar refractivity (Wildman–Crippen MR) is 62.3 cm³/mol. The molecule has 2 atom stereocenters. The van der Waals surface area contributed by atoms with Crippen molar-refractivity contribution in [3.05, 3.63) is 0 Å². The van der Waals surface area contributed by atoms with Gasteiger partial charge in [-0.25, -0.2) is 0 Å². The van der Waals surface area contributed by atoms with Crippen molar-refractivity contribution in [2.45, 2.75) is 44.6 Å². The minimum atomic E-state index is -1.03. The second kappa shape index (κ2) is 5.64. The molecule has 1 rings (SSSR count). The Morgan fingerprint density at radius 3 is 2.75 bits per heavy atom. The molecule has 0 aromatic rings. The molecule has 0 saturated carbocycles. The highest BCUT2D eigenvalue weighted by atomic mass is 16.4. The van der Waals surface area contributed by atoms with E-state index >= 15 is 0 Å². The molecule has 1 aliphatic rings. The van der Waals surface area contributed by atoms with Crippen LogP contribution in [0.1, 0.15) is 39.0 Å². The Labute approximate surface area is 97.3 Å². The van der Waals surface area contributed by atoms with Crippen molar-refractivity contribution in [1.29, 1.82) is 0 Å². The van der Waals surface area contributed by atoms with Crippen LogP contribution in [0.25, 0.3) is 0 Å². The molecule has 0 amide bonds. The van der Waals surface area contributed by atoms with Crippen LogP contribution < -0.4 is 0 Å². The number of unbranched alkanes of at least 4 members (excludes halogenated alkanes) is 1. The van der Waals surface area contributed by atoms with Crippen LogP contribution in [-0.2, 0) is 4.79 Å². The van der Waals surface area contributed by atoms with Crippen molar-refractivity contribution in [3.63, 3.8) is 0 Å². The lowest BCUT2D eigenvalue weighted by Crippen LogP contribution is -2.53. The maximum atomic E-state index is 11.2. The Hall–Kier alpha value is -0.610. The maximum absolute atomic E-state index is 11.2. The highest BCUT2D eigenvalue weighted by Crippen LogP contribution is 2.31. The molecule has 0 spiro atoms. The normalized spacial score (nSPS) is 28.9. The number of aliphatic carboxylic acids is 1. The summed E-state index contributed by atoms with van der Waals surface area (Å²) in [4.78, 5) is 13.3. The van der Waals surface area contributed by atoms with Gasteiger partial charge in [0, 0.05) is 6.54 Å². The van der Waals surface area contributed by atoms with E-state index in [2.05, 4.69) is 0 Å². The lowest BCUT2D eigenvalue weighted by Gasteiger charge is -2.41. The van der Waals surface area contributed by atoms with E-state index in [1.165, 1.54) is 0 Å². The number of nitrogens with zero attached hydrogens (tertiary/aromatic N) is 1. The Morgan fingerprint density at radius 2 is 2.25 bits per heavy atom. The summed E-state index contributed by atoms with van der Waals surface area (Å²) in [6.45, 7) is 3.46. The Kier molecular flexibility index (Phi) is 4.74. The number of rotatable bonds is 5. The molecule has 16 heavy (non-hydrogen) atoms. The molecule has 2 N–H and O–H groups in total. The second-order valence-electron chi connectivity index (χ2n) is 4.98. The van der Waals surface area contributed by atoms with Gasteiger partial charge < -0.3 is 15.1 Å². The fourth-order valence-electron chi connectivity index (χ4n) is 2.60. The van der Waals surface area contributed by atoms with E-state index in [4.69, 9.17) is 0 Å². The number of carboxylic acid groups (broad SMARTS) is 1. The Bertz CT molecular complexity index is 244. The number of hydrogen-bond acceptors (Lipinski definition) is 3. The van der Waals surface area contributed by atoms with Crippen molar-refractivity contribution < 1.29 is 15.0 Å². The first-order valence-electron chi connectivity index (χ1n) is 6.13. The SMILES string of the molecule is CCCCC(C(=O)O)C1(O)CCCN(C)C1. The second-order valence-corrected chi connectivity index (χ2v) is 4.98. The van der Waals surface area contributed by atoms with Crippen LogP contribution in [0.15, 0.2) is 0 Å². The van der Waals surface area contributed by atoms with E-state index in [1.54, 1.807) is 0 Å². The Morgan fingerprint density at radius 1 is 1.56 bits per heavy atom. The zero-order chi connectivity index (χ0) is 12.2. The lowest BCUT2D eigenvalue weighted by molar-refractivity contribution is -0.157. The molecule has 0 radical (unpaired) electrons. The maximum Gasteiger partial charge on any atom is 0.309 e. The van der Waals surface area contributed by atoms with Gasteiger partial charge in [-0.15, -0.1) is 0 Å². The van der Waals surface area contributed by atoms with Crippen LogP contribution >= 0.6 is 0 Å².